The number of nitrogens with zero attached hydrogens (tertiary/aromatic N) is 4. The minimum atomic E-state index is -0.407. The van der Waals surface area contributed by atoms with Crippen LogP contribution in [0.4, 0.5) is 0 Å². The van der Waals surface area contributed by atoms with Gasteiger partial charge in [-0.2, -0.15) is 0 Å². The van der Waals surface area contributed by atoms with Gasteiger partial charge < -0.3 is 15.0 Å². The fourth-order valence-corrected chi connectivity index (χ4v) is 2.46. The Balaban J connectivity index is 2.94. The Bertz CT molecular complexity index is 771. The van der Waals surface area contributed by atoms with E-state index in [1.165, 1.54) is 9.13 Å². The van der Waals surface area contributed by atoms with Crippen molar-refractivity contribution in [3.05, 3.63) is 26.7 Å². The molecule has 116 valence electrons. The highest BCUT2D eigenvalue weighted by molar-refractivity contribution is 5.71. The molecule has 0 spiro atoms. The van der Waals surface area contributed by atoms with Crippen molar-refractivity contribution in [1.29, 1.82) is 0 Å². The van der Waals surface area contributed by atoms with Crippen LogP contribution in [0.2, 0.25) is 0 Å². The second-order valence-corrected chi connectivity index (χ2v) is 4.98. The van der Waals surface area contributed by atoms with E-state index in [2.05, 4.69) is 4.98 Å². The van der Waals surface area contributed by atoms with E-state index in [9.17, 15) is 9.59 Å². The summed E-state index contributed by atoms with van der Waals surface area (Å²) in [6.07, 6.45) is 0. The fraction of sp³-hybridized carbons (Fsp3) is 0.615. The molecule has 0 aliphatic heterocycles. The minimum Gasteiger partial charge on any atom is -0.377 e. The highest BCUT2D eigenvalue weighted by atomic mass is 16.5. The zero-order valence-electron chi connectivity index (χ0n) is 12.8. The van der Waals surface area contributed by atoms with Gasteiger partial charge in [0.1, 0.15) is 12.4 Å². The van der Waals surface area contributed by atoms with E-state index in [4.69, 9.17) is 10.5 Å². The van der Waals surface area contributed by atoms with Crippen molar-refractivity contribution in [3.63, 3.8) is 0 Å². The van der Waals surface area contributed by atoms with Gasteiger partial charge in [-0.25, -0.2) is 9.78 Å². The molecule has 8 heteroatoms. The Kier molecular flexibility index (Phi) is 4.29. The van der Waals surface area contributed by atoms with E-state index in [0.717, 1.165) is 0 Å². The Labute approximate surface area is 121 Å². The largest absolute Gasteiger partial charge is 0.377 e. The number of ether oxygens (including phenoxy) is 1. The molecule has 0 bridgehead atoms. The quantitative estimate of drug-likeness (QED) is 0.808. The molecule has 0 aliphatic rings. The van der Waals surface area contributed by atoms with Gasteiger partial charge in [0.25, 0.3) is 5.56 Å². The normalized spacial score (nSPS) is 13.0. The topological polar surface area (TPSA) is 97.1 Å². The van der Waals surface area contributed by atoms with E-state index in [0.29, 0.717) is 23.5 Å². The Morgan fingerprint density at radius 2 is 2.05 bits per heavy atom. The zero-order chi connectivity index (χ0) is 15.7. The van der Waals surface area contributed by atoms with Crippen molar-refractivity contribution in [2.24, 2.45) is 12.8 Å². The number of hydrogen-bond donors (Lipinski definition) is 1. The molecule has 0 radical (unpaired) electrons. The highest BCUT2D eigenvalue weighted by Crippen LogP contribution is 2.12. The van der Waals surface area contributed by atoms with Crippen LogP contribution in [0.5, 0.6) is 0 Å². The van der Waals surface area contributed by atoms with Gasteiger partial charge in [-0.3, -0.25) is 13.9 Å². The van der Waals surface area contributed by atoms with Gasteiger partial charge in [-0.15, -0.1) is 0 Å². The SMILES string of the molecule is CCn1c(COC)nc2c1c(=O)n(C(C)CN)c(=O)n2C. The highest BCUT2D eigenvalue weighted by Gasteiger charge is 2.21. The molecule has 0 amide bonds. The number of hydrogen-bond acceptors (Lipinski definition) is 5. The summed E-state index contributed by atoms with van der Waals surface area (Å²) in [6.45, 7) is 4.73. The van der Waals surface area contributed by atoms with Gasteiger partial charge in [0, 0.05) is 27.2 Å². The first-order chi connectivity index (χ1) is 9.97. The summed E-state index contributed by atoms with van der Waals surface area (Å²) in [5, 5.41) is 0. The maximum absolute atomic E-state index is 12.7. The molecule has 8 nitrogen and oxygen atoms in total. The Morgan fingerprint density at radius 3 is 2.57 bits per heavy atom. The summed E-state index contributed by atoms with van der Waals surface area (Å²) >= 11 is 0. The first-order valence-corrected chi connectivity index (χ1v) is 6.87. The smallest absolute Gasteiger partial charge is 0.332 e. The summed E-state index contributed by atoms with van der Waals surface area (Å²) in [7, 11) is 3.17. The lowest BCUT2D eigenvalue weighted by molar-refractivity contribution is 0.175. The average Bonchev–Trinajstić information content (AvgIpc) is 2.84. The van der Waals surface area contributed by atoms with Crippen molar-refractivity contribution >= 4 is 11.2 Å². The Morgan fingerprint density at radius 1 is 1.38 bits per heavy atom. The van der Waals surface area contributed by atoms with Crippen molar-refractivity contribution < 1.29 is 4.74 Å². The molecule has 2 aromatic rings. The zero-order valence-corrected chi connectivity index (χ0v) is 12.8. The second-order valence-electron chi connectivity index (χ2n) is 4.98. The number of imidazole rings is 1. The maximum Gasteiger partial charge on any atom is 0.332 e. The predicted octanol–water partition coefficient (Wildman–Crippen LogP) is -0.417. The average molecular weight is 295 g/mol. The molecule has 0 aliphatic carbocycles. The van der Waals surface area contributed by atoms with Gasteiger partial charge in [0.05, 0.1) is 6.04 Å². The van der Waals surface area contributed by atoms with E-state index < -0.39 is 5.69 Å². The van der Waals surface area contributed by atoms with Gasteiger partial charge in [-0.05, 0) is 13.8 Å². The summed E-state index contributed by atoms with van der Waals surface area (Å²) < 4.78 is 9.46. The number of rotatable bonds is 5. The maximum atomic E-state index is 12.7. The third-order valence-corrected chi connectivity index (χ3v) is 3.63. The number of aryl methyl sites for hydroxylation is 2. The Hall–Kier alpha value is -1.93. The van der Waals surface area contributed by atoms with Crippen molar-refractivity contribution in [3.8, 4) is 0 Å². The molecule has 0 aromatic carbocycles. The van der Waals surface area contributed by atoms with Crippen LogP contribution in [-0.4, -0.2) is 32.3 Å². The number of nitrogens with two attached hydrogens (primary N) is 1. The molecular formula is C13H21N5O3. The van der Waals surface area contributed by atoms with Gasteiger partial charge in [0.15, 0.2) is 11.2 Å². The summed E-state index contributed by atoms with van der Waals surface area (Å²) in [5.41, 5.74) is 5.63. The van der Waals surface area contributed by atoms with E-state index in [1.54, 1.807) is 25.6 Å². The molecule has 2 rings (SSSR count). The standard InChI is InChI=1S/C13H21N5O3/c1-5-17-9(7-21-4)15-11-10(17)12(19)18(8(2)6-14)13(20)16(11)3/h8H,5-7,14H2,1-4H3. The molecule has 0 fully saturated rings. The van der Waals surface area contributed by atoms with Gasteiger partial charge in [-0.1, -0.05) is 0 Å². The lowest BCUT2D eigenvalue weighted by Gasteiger charge is -2.14. The van der Waals surface area contributed by atoms with Gasteiger partial charge >= 0.3 is 5.69 Å². The predicted molar refractivity (Wildman–Crippen MR) is 79.4 cm³/mol. The number of methoxy groups -OCH3 is 1. The van der Waals surface area contributed by atoms with E-state index in [1.807, 2.05) is 6.92 Å². The van der Waals surface area contributed by atoms with Crippen LogP contribution in [-0.2, 0) is 24.9 Å². The van der Waals surface area contributed by atoms with Crippen molar-refractivity contribution in [1.82, 2.24) is 18.7 Å². The van der Waals surface area contributed by atoms with Crippen LogP contribution in [0.25, 0.3) is 11.2 Å². The monoisotopic (exact) mass is 295 g/mol. The van der Waals surface area contributed by atoms with E-state index >= 15 is 0 Å². The fourth-order valence-electron chi connectivity index (χ4n) is 2.46. The van der Waals surface area contributed by atoms with Crippen molar-refractivity contribution in [2.75, 3.05) is 13.7 Å². The minimum absolute atomic E-state index is 0.214. The van der Waals surface area contributed by atoms with Crippen LogP contribution in [0.3, 0.4) is 0 Å². The van der Waals surface area contributed by atoms with Crippen LogP contribution < -0.4 is 17.0 Å². The van der Waals surface area contributed by atoms with Gasteiger partial charge in [0.2, 0.25) is 0 Å². The van der Waals surface area contributed by atoms with Crippen molar-refractivity contribution in [2.45, 2.75) is 33.0 Å². The van der Waals surface area contributed by atoms with Crippen LogP contribution in [0, 0.1) is 0 Å². The van der Waals surface area contributed by atoms with Crippen LogP contribution >= 0.6 is 0 Å². The summed E-state index contributed by atoms with van der Waals surface area (Å²) in [5.74, 6) is 0.625. The van der Waals surface area contributed by atoms with Crippen LogP contribution in [0.1, 0.15) is 25.7 Å². The number of aromatic nitrogens is 4. The summed E-state index contributed by atoms with van der Waals surface area (Å²) in [4.78, 5) is 29.4. The molecule has 21 heavy (non-hydrogen) atoms. The lowest BCUT2D eigenvalue weighted by atomic mass is 10.3. The molecule has 2 aromatic heterocycles. The molecular weight excluding hydrogens is 274 g/mol. The van der Waals surface area contributed by atoms with E-state index in [-0.39, 0.29) is 24.8 Å². The molecule has 2 N–H and O–H groups in total. The molecule has 0 saturated carbocycles. The lowest BCUT2D eigenvalue weighted by Crippen LogP contribution is -2.43. The molecule has 1 unspecified atom stereocenters. The van der Waals surface area contributed by atoms with Crippen LogP contribution in [0.15, 0.2) is 9.59 Å². The third-order valence-electron chi connectivity index (χ3n) is 3.63. The second kappa shape index (κ2) is 5.82. The molecule has 2 heterocycles. The molecule has 1 atom stereocenters. The number of fused-ring (bicyclic) bond motifs is 1. The first kappa shape index (κ1) is 15.5. The molecule has 0 saturated heterocycles. The first-order valence-electron chi connectivity index (χ1n) is 6.87. The third kappa shape index (κ3) is 2.30. The summed E-state index contributed by atoms with van der Waals surface area (Å²) in [6, 6.07) is -0.369.